The molecule has 1 atom stereocenters. The molecule has 2 rings (SSSR count). The number of benzene rings is 1. The van der Waals surface area contributed by atoms with Crippen molar-refractivity contribution in [1.29, 1.82) is 0 Å². The van der Waals surface area contributed by atoms with Crippen LogP contribution < -0.4 is 4.74 Å². The lowest BCUT2D eigenvalue weighted by molar-refractivity contribution is 0.0903. The fourth-order valence-corrected chi connectivity index (χ4v) is 2.97. The van der Waals surface area contributed by atoms with Gasteiger partial charge in [-0.3, -0.25) is 4.68 Å². The second-order valence-electron chi connectivity index (χ2n) is 4.87. The number of aliphatic hydroxyl groups is 1. The zero-order chi connectivity index (χ0) is 14.8. The van der Waals surface area contributed by atoms with E-state index in [0.717, 1.165) is 34.4 Å². The van der Waals surface area contributed by atoms with Crippen LogP contribution in [0.2, 0.25) is 0 Å². The van der Waals surface area contributed by atoms with Crippen LogP contribution in [0.5, 0.6) is 5.75 Å². The highest BCUT2D eigenvalue weighted by molar-refractivity contribution is 9.10. The van der Waals surface area contributed by atoms with Crippen LogP contribution in [0.3, 0.4) is 0 Å². The molecule has 2 aromatic rings. The molecule has 1 aromatic heterocycles. The quantitative estimate of drug-likeness (QED) is 0.909. The molecular formula is C15H19BrN2O2. The Bertz CT molecular complexity index is 593. The van der Waals surface area contributed by atoms with E-state index in [0.29, 0.717) is 0 Å². The Hall–Kier alpha value is -1.33. The zero-order valence-electron chi connectivity index (χ0n) is 11.9. The molecule has 0 saturated heterocycles. The van der Waals surface area contributed by atoms with Crippen LogP contribution in [0.25, 0.3) is 0 Å². The summed E-state index contributed by atoms with van der Waals surface area (Å²) < 4.78 is 7.87. The number of aromatic nitrogens is 2. The molecule has 1 N–H and O–H groups in total. The van der Waals surface area contributed by atoms with Crippen LogP contribution in [0.4, 0.5) is 0 Å². The normalized spacial score (nSPS) is 14.1. The number of methoxy groups -OCH3 is 1. The molecular weight excluding hydrogens is 320 g/mol. The Labute approximate surface area is 127 Å². The van der Waals surface area contributed by atoms with Crippen LogP contribution in [-0.2, 0) is 12.1 Å². The van der Waals surface area contributed by atoms with Gasteiger partial charge in [0.15, 0.2) is 0 Å². The van der Waals surface area contributed by atoms with Crippen molar-refractivity contribution >= 4 is 15.9 Å². The van der Waals surface area contributed by atoms with Crippen molar-refractivity contribution in [2.45, 2.75) is 32.4 Å². The molecule has 0 spiro atoms. The summed E-state index contributed by atoms with van der Waals surface area (Å²) in [6.07, 6.45) is 2.68. The van der Waals surface area contributed by atoms with E-state index < -0.39 is 5.60 Å². The maximum absolute atomic E-state index is 11.0. The molecule has 0 bridgehead atoms. The second kappa shape index (κ2) is 5.97. The highest BCUT2D eigenvalue weighted by atomic mass is 79.9. The third-order valence-electron chi connectivity index (χ3n) is 3.32. The Morgan fingerprint density at radius 2 is 2.20 bits per heavy atom. The molecule has 0 saturated carbocycles. The lowest BCUT2D eigenvalue weighted by atomic mass is 9.92. The largest absolute Gasteiger partial charge is 0.497 e. The summed E-state index contributed by atoms with van der Waals surface area (Å²) in [5, 5.41) is 15.3. The van der Waals surface area contributed by atoms with E-state index in [2.05, 4.69) is 28.0 Å². The molecule has 4 nitrogen and oxygen atoms in total. The van der Waals surface area contributed by atoms with Gasteiger partial charge in [-0.1, -0.05) is 19.1 Å². The molecule has 108 valence electrons. The first-order valence-electron chi connectivity index (χ1n) is 6.59. The monoisotopic (exact) mass is 338 g/mol. The molecule has 1 heterocycles. The lowest BCUT2D eigenvalue weighted by Crippen LogP contribution is -2.27. The summed E-state index contributed by atoms with van der Waals surface area (Å²) in [5.74, 6) is 0.723. The van der Waals surface area contributed by atoms with Gasteiger partial charge in [-0.2, -0.15) is 5.10 Å². The van der Waals surface area contributed by atoms with E-state index in [9.17, 15) is 5.11 Å². The van der Waals surface area contributed by atoms with Crippen LogP contribution in [0.1, 0.15) is 31.5 Å². The number of rotatable bonds is 5. The van der Waals surface area contributed by atoms with Crippen molar-refractivity contribution in [2.24, 2.45) is 0 Å². The molecule has 0 fully saturated rings. The van der Waals surface area contributed by atoms with E-state index in [1.165, 1.54) is 0 Å². The smallest absolute Gasteiger partial charge is 0.130 e. The lowest BCUT2D eigenvalue weighted by Gasteiger charge is -2.26. The van der Waals surface area contributed by atoms with Crippen molar-refractivity contribution < 1.29 is 9.84 Å². The molecule has 20 heavy (non-hydrogen) atoms. The molecule has 1 aromatic carbocycles. The average molecular weight is 339 g/mol. The third kappa shape index (κ3) is 2.74. The number of hydrogen-bond donors (Lipinski definition) is 1. The van der Waals surface area contributed by atoms with Gasteiger partial charge < -0.3 is 9.84 Å². The van der Waals surface area contributed by atoms with Gasteiger partial charge in [0.25, 0.3) is 0 Å². The van der Waals surface area contributed by atoms with E-state index in [-0.39, 0.29) is 0 Å². The summed E-state index contributed by atoms with van der Waals surface area (Å²) in [5.41, 5.74) is 0.391. The topological polar surface area (TPSA) is 47.3 Å². The standard InChI is InChI=1S/C15H19BrN2O2/c1-4-8-18-14(13(16)10-17-18)15(2,19)11-6-5-7-12(9-11)20-3/h5-7,9-10,19H,4,8H2,1-3H3. The summed E-state index contributed by atoms with van der Waals surface area (Å²) >= 11 is 3.48. The first-order chi connectivity index (χ1) is 9.50. The minimum atomic E-state index is -1.14. The minimum Gasteiger partial charge on any atom is -0.497 e. The predicted octanol–water partition coefficient (Wildman–Crippen LogP) is 3.32. The van der Waals surface area contributed by atoms with Gasteiger partial charge in [-0.15, -0.1) is 0 Å². The number of ether oxygens (including phenoxy) is 1. The zero-order valence-corrected chi connectivity index (χ0v) is 13.5. The van der Waals surface area contributed by atoms with Crippen LogP contribution >= 0.6 is 15.9 Å². The molecule has 0 aliphatic rings. The summed E-state index contributed by atoms with van der Waals surface area (Å²) in [6, 6.07) is 7.46. The first kappa shape index (κ1) is 15.1. The minimum absolute atomic E-state index is 0.723. The SMILES string of the molecule is CCCn1ncc(Br)c1C(C)(O)c1cccc(OC)c1. The Balaban J connectivity index is 2.50. The van der Waals surface area contributed by atoms with Gasteiger partial charge >= 0.3 is 0 Å². The third-order valence-corrected chi connectivity index (χ3v) is 3.90. The summed E-state index contributed by atoms with van der Waals surface area (Å²) in [4.78, 5) is 0. The van der Waals surface area contributed by atoms with E-state index in [1.54, 1.807) is 20.2 Å². The van der Waals surface area contributed by atoms with Gasteiger partial charge in [0.1, 0.15) is 11.4 Å². The highest BCUT2D eigenvalue weighted by Crippen LogP contribution is 2.35. The van der Waals surface area contributed by atoms with Crippen molar-refractivity contribution in [1.82, 2.24) is 9.78 Å². The fraction of sp³-hybridized carbons (Fsp3) is 0.400. The Morgan fingerprint density at radius 1 is 1.45 bits per heavy atom. The van der Waals surface area contributed by atoms with Crippen LogP contribution in [0, 0.1) is 0 Å². The van der Waals surface area contributed by atoms with Gasteiger partial charge in [0.05, 0.1) is 23.5 Å². The summed E-state index contributed by atoms with van der Waals surface area (Å²) in [6.45, 7) is 4.62. The molecule has 0 aliphatic heterocycles. The fourth-order valence-electron chi connectivity index (χ4n) is 2.29. The van der Waals surface area contributed by atoms with E-state index >= 15 is 0 Å². The maximum atomic E-state index is 11.0. The number of aryl methyl sites for hydroxylation is 1. The molecule has 5 heteroatoms. The molecule has 0 aliphatic carbocycles. The van der Waals surface area contributed by atoms with E-state index in [1.807, 2.05) is 28.9 Å². The number of halogens is 1. The van der Waals surface area contributed by atoms with Gasteiger partial charge in [0.2, 0.25) is 0 Å². The van der Waals surface area contributed by atoms with Crippen LogP contribution in [0.15, 0.2) is 34.9 Å². The predicted molar refractivity (Wildman–Crippen MR) is 81.9 cm³/mol. The second-order valence-corrected chi connectivity index (χ2v) is 5.72. The van der Waals surface area contributed by atoms with Crippen LogP contribution in [-0.4, -0.2) is 22.0 Å². The first-order valence-corrected chi connectivity index (χ1v) is 7.38. The van der Waals surface area contributed by atoms with Gasteiger partial charge in [0, 0.05) is 6.54 Å². The van der Waals surface area contributed by atoms with Gasteiger partial charge in [-0.05, 0) is 47.0 Å². The molecule has 0 amide bonds. The average Bonchev–Trinajstić information content (AvgIpc) is 2.81. The van der Waals surface area contributed by atoms with Crippen molar-refractivity contribution in [3.05, 3.63) is 46.2 Å². The van der Waals surface area contributed by atoms with E-state index in [4.69, 9.17) is 4.74 Å². The summed E-state index contributed by atoms with van der Waals surface area (Å²) in [7, 11) is 1.62. The van der Waals surface area contributed by atoms with Crippen molar-refractivity contribution in [3.63, 3.8) is 0 Å². The Kier molecular flexibility index (Phi) is 4.50. The molecule has 1 unspecified atom stereocenters. The van der Waals surface area contributed by atoms with Crippen molar-refractivity contribution in [2.75, 3.05) is 7.11 Å². The Morgan fingerprint density at radius 3 is 2.85 bits per heavy atom. The van der Waals surface area contributed by atoms with Gasteiger partial charge in [-0.25, -0.2) is 0 Å². The number of hydrogen-bond acceptors (Lipinski definition) is 3. The highest BCUT2D eigenvalue weighted by Gasteiger charge is 2.32. The number of nitrogens with zero attached hydrogens (tertiary/aromatic N) is 2. The van der Waals surface area contributed by atoms with Crippen molar-refractivity contribution in [3.8, 4) is 5.75 Å². The molecule has 0 radical (unpaired) electrons. The maximum Gasteiger partial charge on any atom is 0.130 e.